The summed E-state index contributed by atoms with van der Waals surface area (Å²) in [4.78, 5) is 7.25. The molecule has 5 rings (SSSR count). The van der Waals surface area contributed by atoms with E-state index >= 15 is 0 Å². The zero-order valence-electron chi connectivity index (χ0n) is 16.4. The van der Waals surface area contributed by atoms with Crippen molar-refractivity contribution < 1.29 is 9.13 Å². The van der Waals surface area contributed by atoms with Gasteiger partial charge in [0.15, 0.2) is 0 Å². The van der Waals surface area contributed by atoms with Crippen molar-refractivity contribution in [1.82, 2.24) is 9.88 Å². The van der Waals surface area contributed by atoms with Crippen LogP contribution in [0.3, 0.4) is 0 Å². The summed E-state index contributed by atoms with van der Waals surface area (Å²) < 4.78 is 19.9. The van der Waals surface area contributed by atoms with E-state index in [0.717, 1.165) is 49.2 Å². The lowest BCUT2D eigenvalue weighted by Gasteiger charge is -2.50. The van der Waals surface area contributed by atoms with Gasteiger partial charge < -0.3 is 9.64 Å². The maximum Gasteiger partial charge on any atom is 0.149 e. The number of hydrogen-bond donors (Lipinski definition) is 0. The number of para-hydroxylation sites is 1. The number of hydrogen-bond acceptors (Lipinski definition) is 3. The van der Waals surface area contributed by atoms with E-state index in [-0.39, 0.29) is 11.2 Å². The number of likely N-dealkylation sites (tertiary alicyclic amines) is 1. The number of methoxy groups -OCH3 is 1. The predicted molar refractivity (Wildman–Crippen MR) is 109 cm³/mol. The third-order valence-corrected chi connectivity index (χ3v) is 6.81. The summed E-state index contributed by atoms with van der Waals surface area (Å²) in [5.74, 6) is 1.17. The first-order valence-electron chi connectivity index (χ1n) is 9.99. The Morgan fingerprint density at radius 3 is 2.89 bits per heavy atom. The number of fused-ring (bicyclic) bond motifs is 3. The molecule has 0 N–H and O–H groups in total. The fraction of sp³-hybridized carbons (Fsp3) is 0.375. The normalized spacial score (nSPS) is 24.6. The van der Waals surface area contributed by atoms with Crippen LogP contribution in [0.2, 0.25) is 0 Å². The van der Waals surface area contributed by atoms with Gasteiger partial charge in [0.2, 0.25) is 0 Å². The quantitative estimate of drug-likeness (QED) is 0.664. The third kappa shape index (κ3) is 2.70. The lowest BCUT2D eigenvalue weighted by molar-refractivity contribution is 0.0987. The molecule has 0 unspecified atom stereocenters. The van der Waals surface area contributed by atoms with Crippen LogP contribution in [0.15, 0.2) is 48.5 Å². The first-order valence-corrected chi connectivity index (χ1v) is 9.99. The standard InChI is InChI=1S/C24H25FN2O/c1-27-10-9-24(18-6-4-7-20(13-18)28-2)14-22-17(12-19(24)15-27)11-16-5-3-8-21(25)23(16)26-22/h3-8,11,13,19H,9-10,12,14-15H2,1-2H3/t19-,24-/m0/s1. The fourth-order valence-corrected chi connectivity index (χ4v) is 5.28. The Balaban J connectivity index is 1.67. The van der Waals surface area contributed by atoms with E-state index in [4.69, 9.17) is 9.72 Å². The van der Waals surface area contributed by atoms with Crippen LogP contribution in [0.4, 0.5) is 4.39 Å². The summed E-state index contributed by atoms with van der Waals surface area (Å²) in [7, 11) is 3.93. The zero-order valence-corrected chi connectivity index (χ0v) is 16.4. The van der Waals surface area contributed by atoms with E-state index in [0.29, 0.717) is 11.4 Å². The first-order chi connectivity index (χ1) is 13.6. The maximum absolute atomic E-state index is 14.4. The van der Waals surface area contributed by atoms with Crippen molar-refractivity contribution in [3.8, 4) is 5.75 Å². The second-order valence-corrected chi connectivity index (χ2v) is 8.38. The van der Waals surface area contributed by atoms with Crippen LogP contribution in [-0.4, -0.2) is 37.1 Å². The van der Waals surface area contributed by atoms with Gasteiger partial charge >= 0.3 is 0 Å². The predicted octanol–water partition coefficient (Wildman–Crippen LogP) is 4.37. The Hall–Kier alpha value is -2.46. The number of halogens is 1. The van der Waals surface area contributed by atoms with Crippen molar-refractivity contribution in [2.24, 2.45) is 5.92 Å². The van der Waals surface area contributed by atoms with Crippen LogP contribution >= 0.6 is 0 Å². The summed E-state index contributed by atoms with van der Waals surface area (Å²) in [5, 5.41) is 0.900. The molecule has 2 atom stereocenters. The molecule has 0 saturated carbocycles. The zero-order chi connectivity index (χ0) is 19.3. The molecule has 1 aliphatic heterocycles. The molecule has 3 nitrogen and oxygen atoms in total. The van der Waals surface area contributed by atoms with Gasteiger partial charge in [-0.1, -0.05) is 24.3 Å². The Bertz CT molecular complexity index is 1050. The minimum absolute atomic E-state index is 0.0278. The lowest BCUT2D eigenvalue weighted by atomic mass is 9.58. The highest BCUT2D eigenvalue weighted by atomic mass is 19.1. The molecule has 0 amide bonds. The molecule has 0 bridgehead atoms. The van der Waals surface area contributed by atoms with Crippen molar-refractivity contribution in [3.63, 3.8) is 0 Å². The number of aromatic nitrogens is 1. The second kappa shape index (κ2) is 6.56. The second-order valence-electron chi connectivity index (χ2n) is 8.38. The van der Waals surface area contributed by atoms with Crippen LogP contribution in [0, 0.1) is 11.7 Å². The highest BCUT2D eigenvalue weighted by Crippen LogP contribution is 2.48. The molecule has 144 valence electrons. The van der Waals surface area contributed by atoms with Gasteiger partial charge in [-0.2, -0.15) is 0 Å². The van der Waals surface area contributed by atoms with E-state index in [1.54, 1.807) is 13.2 Å². The molecule has 1 saturated heterocycles. The van der Waals surface area contributed by atoms with Gasteiger partial charge in [-0.3, -0.25) is 0 Å². The molecule has 1 fully saturated rings. The molecule has 4 heteroatoms. The smallest absolute Gasteiger partial charge is 0.149 e. The van der Waals surface area contributed by atoms with Crippen molar-refractivity contribution in [3.05, 3.63) is 71.2 Å². The maximum atomic E-state index is 14.4. The first kappa shape index (κ1) is 17.6. The van der Waals surface area contributed by atoms with E-state index in [9.17, 15) is 4.39 Å². The SMILES string of the molecule is COc1cccc([C@@]23CCN(C)C[C@@H]2Cc2cc4cccc(F)c4nc2C3)c1. The average molecular weight is 376 g/mol. The monoisotopic (exact) mass is 376 g/mol. The molecule has 3 aromatic rings. The van der Waals surface area contributed by atoms with Gasteiger partial charge in [-0.05, 0) is 67.7 Å². The number of benzene rings is 2. The van der Waals surface area contributed by atoms with Crippen molar-refractivity contribution >= 4 is 10.9 Å². The molecule has 0 spiro atoms. The number of nitrogens with zero attached hydrogens (tertiary/aromatic N) is 2. The van der Waals surface area contributed by atoms with Crippen LogP contribution in [0.1, 0.15) is 23.2 Å². The number of pyridine rings is 1. The Morgan fingerprint density at radius 2 is 2.04 bits per heavy atom. The molecule has 28 heavy (non-hydrogen) atoms. The van der Waals surface area contributed by atoms with Gasteiger partial charge in [-0.25, -0.2) is 9.37 Å². The molecule has 1 aromatic heterocycles. The van der Waals surface area contributed by atoms with Crippen LogP contribution in [-0.2, 0) is 18.3 Å². The molecule has 2 aliphatic rings. The molecule has 2 heterocycles. The largest absolute Gasteiger partial charge is 0.497 e. The summed E-state index contributed by atoms with van der Waals surface area (Å²) >= 11 is 0. The van der Waals surface area contributed by atoms with E-state index < -0.39 is 0 Å². The van der Waals surface area contributed by atoms with Crippen molar-refractivity contribution in [2.45, 2.75) is 24.7 Å². The van der Waals surface area contributed by atoms with Crippen LogP contribution < -0.4 is 4.74 Å². The van der Waals surface area contributed by atoms with Gasteiger partial charge in [0, 0.05) is 29.5 Å². The molecular weight excluding hydrogens is 351 g/mol. The molecule has 0 radical (unpaired) electrons. The highest BCUT2D eigenvalue weighted by Gasteiger charge is 2.47. The van der Waals surface area contributed by atoms with E-state index in [1.165, 1.54) is 17.2 Å². The van der Waals surface area contributed by atoms with Gasteiger partial charge in [0.1, 0.15) is 17.1 Å². The van der Waals surface area contributed by atoms with Gasteiger partial charge in [0.25, 0.3) is 0 Å². The van der Waals surface area contributed by atoms with E-state index in [2.05, 4.69) is 36.2 Å². The number of rotatable bonds is 2. The van der Waals surface area contributed by atoms with Gasteiger partial charge in [-0.15, -0.1) is 0 Å². The molecule has 2 aromatic carbocycles. The van der Waals surface area contributed by atoms with E-state index in [1.807, 2.05) is 12.1 Å². The average Bonchev–Trinajstić information content (AvgIpc) is 2.71. The van der Waals surface area contributed by atoms with Crippen LogP contribution in [0.25, 0.3) is 10.9 Å². The summed E-state index contributed by atoms with van der Waals surface area (Å²) in [6.45, 7) is 2.13. The minimum Gasteiger partial charge on any atom is -0.497 e. The summed E-state index contributed by atoms with van der Waals surface area (Å²) in [6.07, 6.45) is 2.92. The molecule has 1 aliphatic carbocycles. The topological polar surface area (TPSA) is 25.4 Å². The minimum atomic E-state index is -0.235. The third-order valence-electron chi connectivity index (χ3n) is 6.81. The highest BCUT2D eigenvalue weighted by molar-refractivity contribution is 5.80. The van der Waals surface area contributed by atoms with Crippen molar-refractivity contribution in [1.29, 1.82) is 0 Å². The Kier molecular flexibility index (Phi) is 4.13. The lowest BCUT2D eigenvalue weighted by Crippen LogP contribution is -2.53. The molecular formula is C24H25FN2O. The van der Waals surface area contributed by atoms with Crippen molar-refractivity contribution in [2.75, 3.05) is 27.2 Å². The Morgan fingerprint density at radius 1 is 1.18 bits per heavy atom. The summed E-state index contributed by atoms with van der Waals surface area (Å²) in [5.41, 5.74) is 4.18. The number of piperidine rings is 1. The number of ether oxygens (including phenoxy) is 1. The summed E-state index contributed by atoms with van der Waals surface area (Å²) in [6, 6.07) is 15.9. The fourth-order valence-electron chi connectivity index (χ4n) is 5.28. The van der Waals surface area contributed by atoms with Crippen LogP contribution in [0.5, 0.6) is 5.75 Å². The Labute approximate surface area is 165 Å². The van der Waals surface area contributed by atoms with Gasteiger partial charge in [0.05, 0.1) is 7.11 Å².